The summed E-state index contributed by atoms with van der Waals surface area (Å²) in [5.41, 5.74) is 3.54. The second-order valence-corrected chi connectivity index (χ2v) is 5.98. The Kier molecular flexibility index (Phi) is 3.67. The summed E-state index contributed by atoms with van der Waals surface area (Å²) >= 11 is 0. The van der Waals surface area contributed by atoms with Crippen LogP contribution in [0, 0.1) is 6.92 Å². The quantitative estimate of drug-likeness (QED) is 0.741. The first-order valence-electron chi connectivity index (χ1n) is 7.96. The monoisotopic (exact) mass is 305 g/mol. The van der Waals surface area contributed by atoms with Gasteiger partial charge in [0, 0.05) is 42.5 Å². The van der Waals surface area contributed by atoms with Gasteiger partial charge in [-0.25, -0.2) is 9.97 Å². The molecule has 4 rings (SSSR count). The molecule has 0 radical (unpaired) electrons. The third-order valence-corrected chi connectivity index (χ3v) is 4.23. The highest BCUT2D eigenvalue weighted by Crippen LogP contribution is 2.24. The van der Waals surface area contributed by atoms with Crippen molar-refractivity contribution in [1.82, 2.24) is 14.9 Å². The van der Waals surface area contributed by atoms with Gasteiger partial charge in [0.15, 0.2) is 0 Å². The van der Waals surface area contributed by atoms with E-state index in [4.69, 9.17) is 4.42 Å². The van der Waals surface area contributed by atoms with Gasteiger partial charge in [0.25, 0.3) is 0 Å². The molecule has 0 fully saturated rings. The minimum absolute atomic E-state index is 0.820. The molecule has 0 saturated carbocycles. The predicted molar refractivity (Wildman–Crippen MR) is 88.7 cm³/mol. The molecule has 0 saturated heterocycles. The molecule has 4 heteroatoms. The molecule has 0 unspecified atom stereocenters. The highest BCUT2D eigenvalue weighted by molar-refractivity contribution is 5.57. The largest absolute Gasteiger partial charge is 0.460 e. The lowest BCUT2D eigenvalue weighted by Gasteiger charge is -2.27. The minimum Gasteiger partial charge on any atom is -0.460 e. The maximum Gasteiger partial charge on any atom is 0.134 e. The van der Waals surface area contributed by atoms with Gasteiger partial charge in [-0.3, -0.25) is 4.90 Å². The van der Waals surface area contributed by atoms with Gasteiger partial charge in [-0.15, -0.1) is 0 Å². The van der Waals surface area contributed by atoms with E-state index in [2.05, 4.69) is 39.1 Å². The number of nitrogens with zero attached hydrogens (tertiary/aromatic N) is 3. The molecule has 0 bridgehead atoms. The second kappa shape index (κ2) is 5.97. The van der Waals surface area contributed by atoms with E-state index in [1.54, 1.807) is 0 Å². The van der Waals surface area contributed by atoms with Crippen molar-refractivity contribution in [2.24, 2.45) is 0 Å². The molecule has 4 nitrogen and oxygen atoms in total. The van der Waals surface area contributed by atoms with Crippen molar-refractivity contribution in [3.63, 3.8) is 0 Å². The zero-order chi connectivity index (χ0) is 15.6. The molecule has 23 heavy (non-hydrogen) atoms. The van der Waals surface area contributed by atoms with Crippen molar-refractivity contribution in [2.45, 2.75) is 26.4 Å². The van der Waals surface area contributed by atoms with E-state index >= 15 is 0 Å². The zero-order valence-electron chi connectivity index (χ0n) is 13.2. The zero-order valence-corrected chi connectivity index (χ0v) is 13.2. The molecule has 1 aliphatic rings. The highest BCUT2D eigenvalue weighted by Gasteiger charge is 2.19. The predicted octanol–water partition coefficient (Wildman–Crippen LogP) is 3.60. The first-order chi connectivity index (χ1) is 11.3. The Bertz CT molecular complexity index is 810. The Hall–Kier alpha value is -2.46. The van der Waals surface area contributed by atoms with Gasteiger partial charge >= 0.3 is 0 Å². The van der Waals surface area contributed by atoms with Gasteiger partial charge in [0.2, 0.25) is 0 Å². The smallest absolute Gasteiger partial charge is 0.134 e. The Morgan fingerprint density at radius 2 is 2.00 bits per heavy atom. The van der Waals surface area contributed by atoms with Crippen LogP contribution >= 0.6 is 0 Å². The fourth-order valence-corrected chi connectivity index (χ4v) is 3.05. The van der Waals surface area contributed by atoms with E-state index in [1.807, 2.05) is 31.3 Å². The molecule has 1 aromatic carbocycles. The lowest BCUT2D eigenvalue weighted by molar-refractivity contribution is 0.224. The van der Waals surface area contributed by atoms with Gasteiger partial charge in [0.05, 0.1) is 6.54 Å². The number of fused-ring (bicyclic) bond motifs is 1. The van der Waals surface area contributed by atoms with Crippen molar-refractivity contribution in [2.75, 3.05) is 6.54 Å². The molecule has 3 heterocycles. The van der Waals surface area contributed by atoms with E-state index in [9.17, 15) is 0 Å². The first kappa shape index (κ1) is 14.2. The van der Waals surface area contributed by atoms with Crippen LogP contribution in [0.5, 0.6) is 0 Å². The van der Waals surface area contributed by atoms with Crippen LogP contribution < -0.4 is 0 Å². The summed E-state index contributed by atoms with van der Waals surface area (Å²) in [7, 11) is 0. The van der Waals surface area contributed by atoms with Crippen LogP contribution in [0.15, 0.2) is 53.1 Å². The number of hydrogen-bond acceptors (Lipinski definition) is 4. The van der Waals surface area contributed by atoms with Gasteiger partial charge in [-0.1, -0.05) is 30.3 Å². The number of benzene rings is 1. The topological polar surface area (TPSA) is 42.2 Å². The molecule has 3 aromatic rings. The first-order valence-corrected chi connectivity index (χ1v) is 7.96. The number of rotatable bonds is 3. The van der Waals surface area contributed by atoms with Crippen LogP contribution in [0.4, 0.5) is 0 Å². The van der Waals surface area contributed by atoms with Gasteiger partial charge < -0.3 is 4.42 Å². The van der Waals surface area contributed by atoms with E-state index in [0.717, 1.165) is 49.0 Å². The van der Waals surface area contributed by atoms with Crippen molar-refractivity contribution in [1.29, 1.82) is 0 Å². The molecule has 116 valence electrons. The Labute approximate surface area is 135 Å². The second-order valence-electron chi connectivity index (χ2n) is 5.98. The molecular weight excluding hydrogens is 286 g/mol. The van der Waals surface area contributed by atoms with Crippen molar-refractivity contribution >= 4 is 0 Å². The summed E-state index contributed by atoms with van der Waals surface area (Å²) in [4.78, 5) is 11.2. The van der Waals surface area contributed by atoms with Gasteiger partial charge in [0.1, 0.15) is 17.3 Å². The van der Waals surface area contributed by atoms with Crippen molar-refractivity contribution < 1.29 is 4.42 Å². The van der Waals surface area contributed by atoms with E-state index < -0.39 is 0 Å². The number of furan rings is 1. The fraction of sp³-hybridized carbons (Fsp3) is 0.263. The average molecular weight is 305 g/mol. The van der Waals surface area contributed by atoms with E-state index in [-0.39, 0.29) is 0 Å². The van der Waals surface area contributed by atoms with Crippen LogP contribution in [0.3, 0.4) is 0 Å². The Balaban J connectivity index is 1.47. The minimum atomic E-state index is 0.820. The molecular formula is C19H19N3O. The Morgan fingerprint density at radius 1 is 1.13 bits per heavy atom. The van der Waals surface area contributed by atoms with Crippen LogP contribution in [0.25, 0.3) is 11.3 Å². The maximum atomic E-state index is 6.01. The number of hydrogen-bond donors (Lipinski definition) is 0. The normalized spacial score (nSPS) is 14.7. The lowest BCUT2D eigenvalue weighted by Crippen LogP contribution is -2.30. The molecule has 0 amide bonds. The highest BCUT2D eigenvalue weighted by atomic mass is 16.3. The summed E-state index contributed by atoms with van der Waals surface area (Å²) in [6, 6.07) is 14.3. The molecule has 0 atom stereocenters. The summed E-state index contributed by atoms with van der Waals surface area (Å²) < 4.78 is 6.01. The maximum absolute atomic E-state index is 6.01. The molecule has 2 aromatic heterocycles. The average Bonchev–Trinajstić information content (AvgIpc) is 3.04. The Morgan fingerprint density at radius 3 is 2.87 bits per heavy atom. The lowest BCUT2D eigenvalue weighted by atomic mass is 10.1. The standard InChI is InChI=1S/C19H19N3O/c1-14-20-11-16-12-22(10-9-18(16)21-14)13-17-7-8-19(23-17)15-5-3-2-4-6-15/h2-8,11H,9-10,12-13H2,1H3. The molecule has 1 aliphatic heterocycles. The summed E-state index contributed by atoms with van der Waals surface area (Å²) in [5.74, 6) is 2.79. The number of aryl methyl sites for hydroxylation is 1. The van der Waals surface area contributed by atoms with Crippen LogP contribution in [-0.4, -0.2) is 21.4 Å². The SMILES string of the molecule is Cc1ncc2c(n1)CCN(Cc1ccc(-c3ccccc3)o1)C2. The van der Waals surface area contributed by atoms with Crippen LogP contribution in [0.2, 0.25) is 0 Å². The number of aromatic nitrogens is 2. The van der Waals surface area contributed by atoms with Gasteiger partial charge in [-0.05, 0) is 19.1 Å². The van der Waals surface area contributed by atoms with Crippen molar-refractivity contribution in [3.05, 3.63) is 71.5 Å². The van der Waals surface area contributed by atoms with Crippen LogP contribution in [0.1, 0.15) is 22.8 Å². The summed E-state index contributed by atoms with van der Waals surface area (Å²) in [5, 5.41) is 0. The van der Waals surface area contributed by atoms with Gasteiger partial charge in [-0.2, -0.15) is 0 Å². The molecule has 0 N–H and O–H groups in total. The van der Waals surface area contributed by atoms with Crippen molar-refractivity contribution in [3.8, 4) is 11.3 Å². The molecule has 0 spiro atoms. The van der Waals surface area contributed by atoms with E-state index in [1.165, 1.54) is 11.3 Å². The third kappa shape index (κ3) is 3.03. The van der Waals surface area contributed by atoms with E-state index in [0.29, 0.717) is 0 Å². The third-order valence-electron chi connectivity index (χ3n) is 4.23. The fourth-order valence-electron chi connectivity index (χ4n) is 3.05. The summed E-state index contributed by atoms with van der Waals surface area (Å²) in [6.07, 6.45) is 2.94. The molecule has 0 aliphatic carbocycles. The summed E-state index contributed by atoms with van der Waals surface area (Å²) in [6.45, 7) is 4.66. The van der Waals surface area contributed by atoms with Crippen LogP contribution in [-0.2, 0) is 19.5 Å².